The Bertz CT molecular complexity index is 897. The zero-order valence-electron chi connectivity index (χ0n) is 16.0. The molecule has 0 fully saturated rings. The number of benzene rings is 1. The van der Waals surface area contributed by atoms with E-state index in [2.05, 4.69) is 10.3 Å². The molecule has 0 aliphatic carbocycles. The summed E-state index contributed by atoms with van der Waals surface area (Å²) in [6.07, 6.45) is 0.673. The highest BCUT2D eigenvalue weighted by molar-refractivity contribution is 5.93. The maximum atomic E-state index is 12.6. The minimum atomic E-state index is -1.50. The van der Waals surface area contributed by atoms with E-state index in [-0.39, 0.29) is 6.42 Å². The SMILES string of the molecule is CC.CC[C@@H](C(=O)NC(CC(=O)O)C(=O)CF)n1cnc2ccccc2c1=O. The molecule has 2 aromatic rings. The van der Waals surface area contributed by atoms with Crippen molar-refractivity contribution in [1.82, 2.24) is 14.9 Å². The number of nitrogens with one attached hydrogen (secondary N) is 1. The highest BCUT2D eigenvalue weighted by Gasteiger charge is 2.28. The lowest BCUT2D eigenvalue weighted by atomic mass is 10.1. The number of halogens is 1. The van der Waals surface area contributed by atoms with Crippen molar-refractivity contribution in [1.29, 1.82) is 0 Å². The highest BCUT2D eigenvalue weighted by Crippen LogP contribution is 2.13. The van der Waals surface area contributed by atoms with Crippen LogP contribution in [0.15, 0.2) is 35.4 Å². The Hall–Kier alpha value is -3.10. The van der Waals surface area contributed by atoms with Crippen molar-refractivity contribution in [3.8, 4) is 0 Å². The second-order valence-electron chi connectivity index (χ2n) is 5.66. The summed E-state index contributed by atoms with van der Waals surface area (Å²) in [5.74, 6) is -3.14. The van der Waals surface area contributed by atoms with Gasteiger partial charge in [-0.2, -0.15) is 0 Å². The summed E-state index contributed by atoms with van der Waals surface area (Å²) in [6.45, 7) is 4.25. The Balaban J connectivity index is 0.00000190. The maximum absolute atomic E-state index is 12.6. The number of ketones is 1. The number of nitrogens with zero attached hydrogens (tertiary/aromatic N) is 2. The van der Waals surface area contributed by atoms with Crippen molar-refractivity contribution in [2.75, 3.05) is 6.67 Å². The van der Waals surface area contributed by atoms with E-state index in [9.17, 15) is 23.6 Å². The Morgan fingerprint density at radius 1 is 1.25 bits per heavy atom. The number of para-hydroxylation sites is 1. The van der Waals surface area contributed by atoms with Gasteiger partial charge < -0.3 is 10.4 Å². The van der Waals surface area contributed by atoms with Crippen LogP contribution in [0.1, 0.15) is 39.7 Å². The van der Waals surface area contributed by atoms with Gasteiger partial charge in [0.15, 0.2) is 5.78 Å². The molecule has 1 heterocycles. The molecule has 2 N–H and O–H groups in total. The third kappa shape index (κ3) is 5.45. The standard InChI is InChI=1S/C17H18FN3O5.C2H6/c1-2-13(16(25)20-12(7-15(23)24)14(22)8-18)21-9-19-11-6-4-3-5-10(11)17(21)26;1-2/h3-6,9,12-13H,2,7-8H2,1H3,(H,20,25)(H,23,24);1-2H3/t12?,13-;/m0./s1. The van der Waals surface area contributed by atoms with Crippen molar-refractivity contribution >= 4 is 28.6 Å². The minimum Gasteiger partial charge on any atom is -0.481 e. The fraction of sp³-hybridized carbons (Fsp3) is 0.421. The molecule has 2 rings (SSSR count). The number of hydrogen-bond acceptors (Lipinski definition) is 5. The second kappa shape index (κ2) is 10.9. The minimum absolute atomic E-state index is 0.190. The molecule has 1 aromatic carbocycles. The molecule has 0 aliphatic rings. The van der Waals surface area contributed by atoms with Gasteiger partial charge in [0.05, 0.1) is 23.7 Å². The first-order valence-electron chi connectivity index (χ1n) is 8.95. The zero-order chi connectivity index (χ0) is 21.3. The molecular formula is C19H24FN3O5. The number of alkyl halides is 1. The van der Waals surface area contributed by atoms with Crippen LogP contribution in [-0.2, 0) is 14.4 Å². The van der Waals surface area contributed by atoms with Crippen LogP contribution >= 0.6 is 0 Å². The molecule has 152 valence electrons. The molecule has 0 saturated carbocycles. The zero-order valence-corrected chi connectivity index (χ0v) is 16.0. The van der Waals surface area contributed by atoms with Crippen molar-refractivity contribution < 1.29 is 23.9 Å². The van der Waals surface area contributed by atoms with Gasteiger partial charge in [0.25, 0.3) is 5.56 Å². The van der Waals surface area contributed by atoms with Crippen molar-refractivity contribution in [2.45, 2.75) is 45.7 Å². The van der Waals surface area contributed by atoms with Gasteiger partial charge in [-0.15, -0.1) is 0 Å². The number of aliphatic carboxylic acids is 1. The summed E-state index contributed by atoms with van der Waals surface area (Å²) in [6, 6.07) is 4.12. The van der Waals surface area contributed by atoms with Crippen LogP contribution in [0.3, 0.4) is 0 Å². The van der Waals surface area contributed by atoms with Gasteiger partial charge in [-0.05, 0) is 18.6 Å². The van der Waals surface area contributed by atoms with Gasteiger partial charge in [0.1, 0.15) is 18.8 Å². The maximum Gasteiger partial charge on any atom is 0.305 e. The quantitative estimate of drug-likeness (QED) is 0.707. The molecule has 8 nitrogen and oxygen atoms in total. The van der Waals surface area contributed by atoms with Gasteiger partial charge in [-0.1, -0.05) is 32.9 Å². The predicted molar refractivity (Wildman–Crippen MR) is 102 cm³/mol. The topological polar surface area (TPSA) is 118 Å². The fourth-order valence-electron chi connectivity index (χ4n) is 2.59. The Morgan fingerprint density at radius 3 is 2.46 bits per heavy atom. The van der Waals surface area contributed by atoms with E-state index in [1.54, 1.807) is 31.2 Å². The molecule has 0 radical (unpaired) electrons. The number of carboxylic acids is 1. The number of hydrogen-bond donors (Lipinski definition) is 2. The smallest absolute Gasteiger partial charge is 0.305 e. The van der Waals surface area contributed by atoms with Gasteiger partial charge in [-0.25, -0.2) is 9.37 Å². The van der Waals surface area contributed by atoms with E-state index in [1.165, 1.54) is 6.33 Å². The summed E-state index contributed by atoms with van der Waals surface area (Å²) >= 11 is 0. The van der Waals surface area contributed by atoms with Crippen molar-refractivity contribution in [3.05, 3.63) is 40.9 Å². The summed E-state index contributed by atoms with van der Waals surface area (Å²) in [4.78, 5) is 51.6. The van der Waals surface area contributed by atoms with E-state index in [0.717, 1.165) is 4.57 Å². The third-order valence-corrected chi connectivity index (χ3v) is 3.93. The molecule has 0 saturated heterocycles. The van der Waals surface area contributed by atoms with Crippen LogP contribution in [0.25, 0.3) is 10.9 Å². The second-order valence-corrected chi connectivity index (χ2v) is 5.66. The van der Waals surface area contributed by atoms with E-state index < -0.39 is 48.4 Å². The number of carboxylic acid groups (broad SMARTS) is 1. The number of amides is 1. The number of carbonyl (C=O) groups excluding carboxylic acids is 2. The number of rotatable bonds is 8. The van der Waals surface area contributed by atoms with Crippen LogP contribution in [0, 0.1) is 0 Å². The van der Waals surface area contributed by atoms with Gasteiger partial charge in [-0.3, -0.25) is 23.7 Å². The van der Waals surface area contributed by atoms with Gasteiger partial charge >= 0.3 is 5.97 Å². The number of carbonyl (C=O) groups is 3. The molecule has 1 aromatic heterocycles. The first-order chi connectivity index (χ1) is 13.4. The van der Waals surface area contributed by atoms with Crippen molar-refractivity contribution in [3.63, 3.8) is 0 Å². The normalized spacial score (nSPS) is 12.4. The van der Waals surface area contributed by atoms with E-state index >= 15 is 0 Å². The molecule has 1 unspecified atom stereocenters. The lowest BCUT2D eigenvalue weighted by Crippen LogP contribution is -2.47. The van der Waals surface area contributed by atoms with Crippen LogP contribution in [0.2, 0.25) is 0 Å². The lowest BCUT2D eigenvalue weighted by Gasteiger charge is -2.21. The van der Waals surface area contributed by atoms with Gasteiger partial charge in [0.2, 0.25) is 5.91 Å². The van der Waals surface area contributed by atoms with Crippen molar-refractivity contribution in [2.24, 2.45) is 0 Å². The average Bonchev–Trinajstić information content (AvgIpc) is 2.70. The molecule has 0 bridgehead atoms. The van der Waals surface area contributed by atoms with Gasteiger partial charge in [0, 0.05) is 0 Å². The van der Waals surface area contributed by atoms with Crippen LogP contribution < -0.4 is 10.9 Å². The van der Waals surface area contributed by atoms with E-state index in [0.29, 0.717) is 10.9 Å². The average molecular weight is 393 g/mol. The Labute approximate surface area is 161 Å². The molecule has 0 aliphatic heterocycles. The van der Waals surface area contributed by atoms with Crippen LogP contribution in [0.4, 0.5) is 4.39 Å². The number of aromatic nitrogens is 2. The summed E-state index contributed by atoms with van der Waals surface area (Å²) in [5.41, 5.74) is 0.0320. The number of fused-ring (bicyclic) bond motifs is 1. The van der Waals surface area contributed by atoms with E-state index in [1.807, 2.05) is 13.8 Å². The molecule has 2 atom stereocenters. The molecule has 28 heavy (non-hydrogen) atoms. The third-order valence-electron chi connectivity index (χ3n) is 3.93. The monoisotopic (exact) mass is 393 g/mol. The Morgan fingerprint density at radius 2 is 1.89 bits per heavy atom. The molecule has 0 spiro atoms. The summed E-state index contributed by atoms with van der Waals surface area (Å²) in [5, 5.41) is 11.4. The Kier molecular flexibility index (Phi) is 8.94. The first kappa shape index (κ1) is 22.9. The highest BCUT2D eigenvalue weighted by atomic mass is 19.1. The number of Topliss-reactive ketones (excluding diaryl/α,β-unsaturated/α-hetero) is 1. The molecule has 1 amide bonds. The fourth-order valence-corrected chi connectivity index (χ4v) is 2.59. The summed E-state index contributed by atoms with van der Waals surface area (Å²) in [7, 11) is 0. The van der Waals surface area contributed by atoms with Crippen LogP contribution in [-0.4, -0.2) is 45.0 Å². The predicted octanol–water partition coefficient (Wildman–Crippen LogP) is 1.87. The molecule has 9 heteroatoms. The molecular weight excluding hydrogens is 369 g/mol. The summed E-state index contributed by atoms with van der Waals surface area (Å²) < 4.78 is 13.7. The van der Waals surface area contributed by atoms with E-state index in [4.69, 9.17) is 5.11 Å². The first-order valence-corrected chi connectivity index (χ1v) is 8.95. The lowest BCUT2D eigenvalue weighted by molar-refractivity contribution is -0.140. The van der Waals surface area contributed by atoms with Crippen LogP contribution in [0.5, 0.6) is 0 Å². The largest absolute Gasteiger partial charge is 0.481 e.